The molecule has 0 bridgehead atoms. The molecule has 0 saturated carbocycles. The van der Waals surface area contributed by atoms with E-state index >= 15 is 0 Å². The fourth-order valence-corrected chi connectivity index (χ4v) is 14.1. The number of hydrogen-bond acceptors (Lipinski definition) is 15. The molecule has 594 valence electrons. The Morgan fingerprint density at radius 1 is 0.290 bits per heavy atom. The number of aliphatic hydroxyl groups excluding tert-OH is 1. The third kappa shape index (κ3) is 73.0. The van der Waals surface area contributed by atoms with Crippen LogP contribution in [0.5, 0.6) is 0 Å². The highest BCUT2D eigenvalue weighted by Gasteiger charge is 2.30. The number of phosphoric ester groups is 2. The number of hydrogen-bond donors (Lipinski definition) is 3. The van der Waals surface area contributed by atoms with E-state index in [2.05, 4.69) is 41.5 Å². The Morgan fingerprint density at radius 3 is 0.760 bits per heavy atom. The summed E-state index contributed by atoms with van der Waals surface area (Å²) >= 11 is 0. The van der Waals surface area contributed by atoms with E-state index in [1.807, 2.05) is 0 Å². The first-order chi connectivity index (χ1) is 48.4. The van der Waals surface area contributed by atoms with Crippen molar-refractivity contribution in [2.45, 2.75) is 445 Å². The van der Waals surface area contributed by atoms with Crippen molar-refractivity contribution in [1.29, 1.82) is 0 Å². The zero-order chi connectivity index (χ0) is 73.5. The maximum Gasteiger partial charge on any atom is 0.472 e. The normalized spacial score (nSPS) is 14.2. The van der Waals surface area contributed by atoms with E-state index in [4.69, 9.17) is 37.0 Å². The second kappa shape index (κ2) is 72.6. The Labute approximate surface area is 613 Å². The van der Waals surface area contributed by atoms with Gasteiger partial charge >= 0.3 is 39.5 Å². The maximum atomic E-state index is 13.1. The zero-order valence-corrected chi connectivity index (χ0v) is 67.3. The molecule has 0 aliphatic rings. The van der Waals surface area contributed by atoms with Gasteiger partial charge in [0.2, 0.25) is 0 Å². The summed E-state index contributed by atoms with van der Waals surface area (Å²) < 4.78 is 68.6. The van der Waals surface area contributed by atoms with E-state index in [9.17, 15) is 43.2 Å². The van der Waals surface area contributed by atoms with Crippen molar-refractivity contribution in [3.05, 3.63) is 0 Å². The third-order valence-corrected chi connectivity index (χ3v) is 21.2. The lowest BCUT2D eigenvalue weighted by Gasteiger charge is -2.21. The number of unbranched alkanes of at least 4 members (excludes halogenated alkanes) is 49. The van der Waals surface area contributed by atoms with Crippen LogP contribution in [0.25, 0.3) is 0 Å². The van der Waals surface area contributed by atoms with E-state index < -0.39 is 97.5 Å². The molecule has 0 aromatic carbocycles. The molecule has 3 unspecified atom stereocenters. The number of esters is 4. The van der Waals surface area contributed by atoms with Crippen LogP contribution in [0.1, 0.15) is 427 Å². The van der Waals surface area contributed by atoms with Crippen molar-refractivity contribution in [3.8, 4) is 0 Å². The minimum absolute atomic E-state index is 0.104. The third-order valence-electron chi connectivity index (χ3n) is 19.3. The molecule has 17 nitrogen and oxygen atoms in total. The summed E-state index contributed by atoms with van der Waals surface area (Å²) in [5.41, 5.74) is 0. The molecule has 6 atom stereocenters. The minimum atomic E-state index is -4.96. The number of aliphatic hydroxyl groups is 1. The van der Waals surface area contributed by atoms with Gasteiger partial charge in [-0.2, -0.15) is 0 Å². The van der Waals surface area contributed by atoms with E-state index in [1.165, 1.54) is 244 Å². The predicted octanol–water partition coefficient (Wildman–Crippen LogP) is 24.3. The zero-order valence-electron chi connectivity index (χ0n) is 65.5. The lowest BCUT2D eigenvalue weighted by molar-refractivity contribution is -0.161. The standard InChI is InChI=1S/C81H158O17P2/c1-7-10-12-14-16-18-19-20-21-22-23-27-30-33-36-40-46-52-58-64-79(84)92-69-76(97-80(85)65-59-53-47-41-37-34-31-28-25-24-26-29-32-35-39-44-50-56-62-74(6)9-3)71-95-99(87,88)93-67-75(82)68-94-100(89,90)96-72-77(70-91-78(83)63-57-51-45-38-17-15-13-11-8-2)98-81(86)66-60-54-48-42-43-49-55-61-73(4)5/h73-77,82H,7-72H2,1-6H3,(H,87,88)(H,89,90)/t74?,75-,76-,77-/m1/s1. The van der Waals surface area contributed by atoms with Gasteiger partial charge in [-0.3, -0.25) is 37.3 Å². The molecule has 0 rings (SSSR count). The van der Waals surface area contributed by atoms with Gasteiger partial charge in [0.25, 0.3) is 0 Å². The van der Waals surface area contributed by atoms with Crippen LogP contribution < -0.4 is 0 Å². The van der Waals surface area contributed by atoms with Crippen LogP contribution in [0, 0.1) is 11.8 Å². The summed E-state index contributed by atoms with van der Waals surface area (Å²) in [4.78, 5) is 72.9. The molecule has 0 fully saturated rings. The largest absolute Gasteiger partial charge is 0.472 e. The van der Waals surface area contributed by atoms with Crippen molar-refractivity contribution >= 4 is 39.5 Å². The SMILES string of the molecule is CCCCCCCCCCCCCCCCCCCCCC(=O)OC[C@H](COP(=O)(O)OC[C@@H](O)COP(=O)(O)OC[C@@H](COC(=O)CCCCCCCCCCC)OC(=O)CCCCCCCCCC(C)C)OC(=O)CCCCCCCCCCCCCCCCCCCCC(C)CC. The van der Waals surface area contributed by atoms with E-state index in [0.29, 0.717) is 31.6 Å². The molecule has 100 heavy (non-hydrogen) atoms. The maximum absolute atomic E-state index is 13.1. The average Bonchev–Trinajstić information content (AvgIpc) is 0.941. The quantitative estimate of drug-likeness (QED) is 0.0222. The van der Waals surface area contributed by atoms with Crippen molar-refractivity contribution in [2.24, 2.45) is 11.8 Å². The molecule has 0 spiro atoms. The lowest BCUT2D eigenvalue weighted by atomic mass is 9.99. The molecular formula is C81H158O17P2. The molecule has 19 heteroatoms. The number of carbonyl (C=O) groups is 4. The van der Waals surface area contributed by atoms with Crippen LogP contribution in [0.2, 0.25) is 0 Å². The summed E-state index contributed by atoms with van der Waals surface area (Å²) in [7, 11) is -9.91. The van der Waals surface area contributed by atoms with E-state index in [0.717, 1.165) is 95.8 Å². The van der Waals surface area contributed by atoms with Gasteiger partial charge < -0.3 is 33.8 Å². The number of rotatable bonds is 80. The fraction of sp³-hybridized carbons (Fsp3) is 0.951. The van der Waals surface area contributed by atoms with Crippen LogP contribution in [0.3, 0.4) is 0 Å². The van der Waals surface area contributed by atoms with E-state index in [-0.39, 0.29) is 25.7 Å². The first-order valence-electron chi connectivity index (χ1n) is 42.0. The minimum Gasteiger partial charge on any atom is -0.462 e. The van der Waals surface area contributed by atoms with Gasteiger partial charge in [0.1, 0.15) is 19.3 Å². The molecule has 3 N–H and O–H groups in total. The first kappa shape index (κ1) is 98.1. The molecule has 0 aliphatic heterocycles. The van der Waals surface area contributed by atoms with E-state index in [1.54, 1.807) is 0 Å². The highest BCUT2D eigenvalue weighted by atomic mass is 31.2. The number of phosphoric acid groups is 2. The van der Waals surface area contributed by atoms with Crippen molar-refractivity contribution in [1.82, 2.24) is 0 Å². The van der Waals surface area contributed by atoms with Gasteiger partial charge in [-0.25, -0.2) is 9.13 Å². The van der Waals surface area contributed by atoms with Crippen LogP contribution in [0.15, 0.2) is 0 Å². The summed E-state index contributed by atoms with van der Waals surface area (Å²) in [5.74, 6) is -0.547. The average molecular weight is 1470 g/mol. The smallest absolute Gasteiger partial charge is 0.462 e. The van der Waals surface area contributed by atoms with Crippen LogP contribution >= 0.6 is 15.6 Å². The number of carbonyl (C=O) groups excluding carboxylic acids is 4. The Bertz CT molecular complexity index is 1930. The summed E-state index contributed by atoms with van der Waals surface area (Å²) in [6.07, 6.45) is 62.7. The van der Waals surface area contributed by atoms with Crippen molar-refractivity contribution < 1.29 is 80.2 Å². The second-order valence-electron chi connectivity index (χ2n) is 29.9. The van der Waals surface area contributed by atoms with Crippen molar-refractivity contribution in [2.75, 3.05) is 39.6 Å². The van der Waals surface area contributed by atoms with Gasteiger partial charge in [-0.1, -0.05) is 375 Å². The number of ether oxygens (including phenoxy) is 4. The Hall–Kier alpha value is -1.94. The molecule has 0 amide bonds. The summed E-state index contributed by atoms with van der Waals surface area (Å²) in [5, 5.41) is 10.6. The Morgan fingerprint density at radius 2 is 0.510 bits per heavy atom. The second-order valence-corrected chi connectivity index (χ2v) is 32.8. The highest BCUT2D eigenvalue weighted by molar-refractivity contribution is 7.47. The predicted molar refractivity (Wildman–Crippen MR) is 409 cm³/mol. The molecule has 0 aromatic heterocycles. The monoisotopic (exact) mass is 1470 g/mol. The van der Waals surface area contributed by atoms with Gasteiger partial charge in [0, 0.05) is 25.7 Å². The summed E-state index contributed by atoms with van der Waals surface area (Å²) in [6, 6.07) is 0. The van der Waals surface area contributed by atoms with Gasteiger partial charge in [-0.05, 0) is 37.5 Å². The topological polar surface area (TPSA) is 237 Å². The Kier molecular flexibility index (Phi) is 71.2. The fourth-order valence-electron chi connectivity index (χ4n) is 12.5. The molecule has 0 aromatic rings. The van der Waals surface area contributed by atoms with Crippen LogP contribution in [0.4, 0.5) is 0 Å². The molecule has 0 aliphatic carbocycles. The van der Waals surface area contributed by atoms with Crippen molar-refractivity contribution in [3.63, 3.8) is 0 Å². The van der Waals surface area contributed by atoms with Gasteiger partial charge in [-0.15, -0.1) is 0 Å². The van der Waals surface area contributed by atoms with Gasteiger partial charge in [0.05, 0.1) is 26.4 Å². The highest BCUT2D eigenvalue weighted by Crippen LogP contribution is 2.45. The Balaban J connectivity index is 5.17. The lowest BCUT2D eigenvalue weighted by Crippen LogP contribution is -2.30. The molecule has 0 saturated heterocycles. The van der Waals surface area contributed by atoms with Crippen LogP contribution in [-0.4, -0.2) is 96.7 Å². The summed E-state index contributed by atoms with van der Waals surface area (Å²) in [6.45, 7) is 9.61. The molecule has 0 heterocycles. The van der Waals surface area contributed by atoms with Gasteiger partial charge in [0.15, 0.2) is 12.2 Å². The molecular weight excluding hydrogens is 1310 g/mol. The first-order valence-corrected chi connectivity index (χ1v) is 45.0. The molecule has 0 radical (unpaired) electrons. The van der Waals surface area contributed by atoms with Crippen LogP contribution in [-0.2, 0) is 65.4 Å².